The highest BCUT2D eigenvalue weighted by Crippen LogP contribution is 2.28. The molecule has 5 aromatic rings. The molecular weight excluding hydrogens is 546 g/mol. The van der Waals surface area contributed by atoms with Crippen LogP contribution in [0.25, 0.3) is 22.6 Å². The standard InChI is InChI=1S/C31H31N9O3/c1-19-27(31(42)40(38(19)2)16-20-7-5-4-6-8-20)30(41)36-22-9-10-24(34-14-22)28-29(32)35-15-25(37-28)21-11-12-33-26(13-21)39-17-23(18-39)43-3/h4-15,23H,16-18H2,1-3H3,(H2,32,35)(H,36,41). The molecule has 0 atom stereocenters. The molecule has 1 aromatic carbocycles. The maximum Gasteiger partial charge on any atom is 0.280 e. The highest BCUT2D eigenvalue weighted by molar-refractivity contribution is 6.04. The third-order valence-corrected chi connectivity index (χ3v) is 7.67. The fraction of sp³-hybridized carbons (Fsp3) is 0.226. The molecule has 0 spiro atoms. The number of rotatable bonds is 8. The number of nitrogens with two attached hydrogens (primary N) is 1. The van der Waals surface area contributed by atoms with Crippen molar-refractivity contribution in [3.63, 3.8) is 0 Å². The number of hydrogen-bond donors (Lipinski definition) is 2. The Labute approximate surface area is 247 Å². The number of ether oxygens (including phenoxy) is 1. The zero-order valence-electron chi connectivity index (χ0n) is 24.1. The van der Waals surface area contributed by atoms with Gasteiger partial charge in [0.05, 0.1) is 42.1 Å². The van der Waals surface area contributed by atoms with Crippen LogP contribution in [0.15, 0.2) is 78.0 Å². The van der Waals surface area contributed by atoms with E-state index in [9.17, 15) is 9.59 Å². The molecule has 12 heteroatoms. The first kappa shape index (κ1) is 27.8. The van der Waals surface area contributed by atoms with Crippen LogP contribution in [0.4, 0.5) is 17.3 Å². The molecule has 0 bridgehead atoms. The molecule has 4 aromatic heterocycles. The number of nitrogen functional groups attached to an aromatic ring is 1. The van der Waals surface area contributed by atoms with Crippen molar-refractivity contribution in [2.24, 2.45) is 7.05 Å². The van der Waals surface area contributed by atoms with E-state index in [0.29, 0.717) is 35.0 Å². The van der Waals surface area contributed by atoms with Crippen molar-refractivity contribution >= 4 is 23.2 Å². The molecule has 218 valence electrons. The third kappa shape index (κ3) is 5.47. The largest absolute Gasteiger partial charge is 0.382 e. The molecule has 1 amide bonds. The number of amides is 1. The summed E-state index contributed by atoms with van der Waals surface area (Å²) in [6, 6.07) is 16.8. The molecular formula is C31H31N9O3. The van der Waals surface area contributed by atoms with Crippen LogP contribution >= 0.6 is 0 Å². The Morgan fingerprint density at radius 1 is 1.05 bits per heavy atom. The predicted molar refractivity (Wildman–Crippen MR) is 164 cm³/mol. The number of carbonyl (C=O) groups excluding carboxylic acids is 1. The van der Waals surface area contributed by atoms with E-state index >= 15 is 0 Å². The van der Waals surface area contributed by atoms with Gasteiger partial charge in [-0.2, -0.15) is 0 Å². The van der Waals surface area contributed by atoms with Crippen LogP contribution < -0.4 is 21.5 Å². The molecule has 3 N–H and O–H groups in total. The van der Waals surface area contributed by atoms with Gasteiger partial charge in [-0.15, -0.1) is 0 Å². The smallest absolute Gasteiger partial charge is 0.280 e. The number of benzene rings is 1. The van der Waals surface area contributed by atoms with E-state index in [4.69, 9.17) is 15.5 Å². The quantitative estimate of drug-likeness (QED) is 0.284. The van der Waals surface area contributed by atoms with E-state index in [1.807, 2.05) is 42.5 Å². The second-order valence-electron chi connectivity index (χ2n) is 10.4. The average molecular weight is 578 g/mol. The minimum absolute atomic E-state index is 0.0815. The molecule has 5 heterocycles. The summed E-state index contributed by atoms with van der Waals surface area (Å²) in [5, 5.41) is 2.79. The topological polar surface area (TPSA) is 146 Å². The van der Waals surface area contributed by atoms with E-state index < -0.39 is 5.91 Å². The lowest BCUT2D eigenvalue weighted by molar-refractivity contribution is 0.0783. The molecule has 12 nitrogen and oxygen atoms in total. The van der Waals surface area contributed by atoms with Crippen molar-refractivity contribution in [2.75, 3.05) is 36.1 Å². The molecule has 0 unspecified atom stereocenters. The molecule has 43 heavy (non-hydrogen) atoms. The Kier molecular flexibility index (Phi) is 7.43. The highest BCUT2D eigenvalue weighted by Gasteiger charge is 2.27. The molecule has 1 aliphatic heterocycles. The molecule has 6 rings (SSSR count). The number of anilines is 3. The van der Waals surface area contributed by atoms with E-state index in [1.54, 1.807) is 55.0 Å². The fourth-order valence-electron chi connectivity index (χ4n) is 5.01. The lowest BCUT2D eigenvalue weighted by atomic mass is 10.1. The van der Waals surface area contributed by atoms with Gasteiger partial charge in [0.25, 0.3) is 11.5 Å². The van der Waals surface area contributed by atoms with Gasteiger partial charge in [-0.25, -0.2) is 19.6 Å². The van der Waals surface area contributed by atoms with Crippen LogP contribution in [-0.2, 0) is 18.3 Å². The van der Waals surface area contributed by atoms with Crippen LogP contribution in [0.2, 0.25) is 0 Å². The van der Waals surface area contributed by atoms with Crippen molar-refractivity contribution in [3.8, 4) is 22.6 Å². The Morgan fingerprint density at radius 3 is 2.56 bits per heavy atom. The number of aromatic nitrogens is 6. The predicted octanol–water partition coefficient (Wildman–Crippen LogP) is 3.13. The molecule has 1 fully saturated rings. The Morgan fingerprint density at radius 2 is 1.84 bits per heavy atom. The zero-order valence-corrected chi connectivity index (χ0v) is 24.1. The van der Waals surface area contributed by atoms with E-state index in [1.165, 1.54) is 6.20 Å². The van der Waals surface area contributed by atoms with Crippen molar-refractivity contribution in [2.45, 2.75) is 19.6 Å². The Balaban J connectivity index is 1.20. The van der Waals surface area contributed by atoms with Gasteiger partial charge in [-0.1, -0.05) is 30.3 Å². The summed E-state index contributed by atoms with van der Waals surface area (Å²) in [6.07, 6.45) is 5.07. The summed E-state index contributed by atoms with van der Waals surface area (Å²) in [6.45, 7) is 3.67. The van der Waals surface area contributed by atoms with Gasteiger partial charge < -0.3 is 20.7 Å². The average Bonchev–Trinajstić information content (AvgIpc) is 3.21. The van der Waals surface area contributed by atoms with Crippen LogP contribution in [-0.4, -0.2) is 61.5 Å². The second-order valence-corrected chi connectivity index (χ2v) is 10.4. The molecule has 0 radical (unpaired) electrons. The normalized spacial score (nSPS) is 13.1. The van der Waals surface area contributed by atoms with Gasteiger partial charge in [0.2, 0.25) is 0 Å². The van der Waals surface area contributed by atoms with Gasteiger partial charge >= 0.3 is 0 Å². The van der Waals surface area contributed by atoms with Crippen LogP contribution in [0.3, 0.4) is 0 Å². The first-order valence-corrected chi connectivity index (χ1v) is 13.8. The summed E-state index contributed by atoms with van der Waals surface area (Å²) in [4.78, 5) is 46.6. The highest BCUT2D eigenvalue weighted by atomic mass is 16.5. The van der Waals surface area contributed by atoms with Crippen LogP contribution in [0, 0.1) is 6.92 Å². The first-order valence-electron chi connectivity index (χ1n) is 13.8. The van der Waals surface area contributed by atoms with E-state index in [0.717, 1.165) is 30.0 Å². The molecule has 1 aliphatic rings. The van der Waals surface area contributed by atoms with Gasteiger partial charge in [0, 0.05) is 44.7 Å². The minimum atomic E-state index is -0.506. The minimum Gasteiger partial charge on any atom is -0.382 e. The first-order chi connectivity index (χ1) is 20.8. The molecule has 0 saturated carbocycles. The van der Waals surface area contributed by atoms with Crippen molar-refractivity contribution in [1.29, 1.82) is 0 Å². The number of hydrogen-bond acceptors (Lipinski definition) is 9. The SMILES string of the molecule is COC1CN(c2cc(-c3cnc(N)c(-c4ccc(NC(=O)c5c(C)n(C)n(Cc6ccccc6)c5=O)cn4)n3)ccn2)C1. The van der Waals surface area contributed by atoms with Crippen LogP contribution in [0.1, 0.15) is 21.6 Å². The van der Waals surface area contributed by atoms with Crippen molar-refractivity contribution in [1.82, 2.24) is 29.3 Å². The summed E-state index contributed by atoms with van der Waals surface area (Å²) in [5.74, 6) is 0.560. The van der Waals surface area contributed by atoms with Crippen molar-refractivity contribution < 1.29 is 9.53 Å². The fourth-order valence-corrected chi connectivity index (χ4v) is 5.01. The van der Waals surface area contributed by atoms with Crippen molar-refractivity contribution in [3.05, 3.63) is 100 Å². The van der Waals surface area contributed by atoms with Gasteiger partial charge in [-0.3, -0.25) is 19.3 Å². The van der Waals surface area contributed by atoms with E-state index in [-0.39, 0.29) is 23.0 Å². The van der Waals surface area contributed by atoms with E-state index in [2.05, 4.69) is 25.2 Å². The maximum absolute atomic E-state index is 13.2. The summed E-state index contributed by atoms with van der Waals surface area (Å²) in [5.41, 5.74) is 10.2. The number of methoxy groups -OCH3 is 1. The maximum atomic E-state index is 13.2. The monoisotopic (exact) mass is 577 g/mol. The number of nitrogens with zero attached hydrogens (tertiary/aromatic N) is 7. The second kappa shape index (κ2) is 11.5. The van der Waals surface area contributed by atoms with Gasteiger partial charge in [0.1, 0.15) is 17.1 Å². The lowest BCUT2D eigenvalue weighted by Gasteiger charge is -2.39. The van der Waals surface area contributed by atoms with Gasteiger partial charge in [-0.05, 0) is 36.8 Å². The zero-order chi connectivity index (χ0) is 30.1. The Bertz CT molecular complexity index is 1840. The third-order valence-electron chi connectivity index (χ3n) is 7.67. The Hall–Kier alpha value is -5.36. The molecule has 0 aliphatic carbocycles. The molecule has 1 saturated heterocycles. The lowest BCUT2D eigenvalue weighted by Crippen LogP contribution is -2.52. The summed E-state index contributed by atoms with van der Waals surface area (Å²) < 4.78 is 8.61. The van der Waals surface area contributed by atoms with Crippen LogP contribution in [0.5, 0.6) is 0 Å². The number of pyridine rings is 2. The summed E-state index contributed by atoms with van der Waals surface area (Å²) in [7, 11) is 3.47. The van der Waals surface area contributed by atoms with Gasteiger partial charge in [0.15, 0.2) is 5.82 Å². The number of nitrogens with one attached hydrogen (secondary N) is 1. The summed E-state index contributed by atoms with van der Waals surface area (Å²) >= 11 is 0. The number of carbonyl (C=O) groups is 1.